The third kappa shape index (κ3) is 3.19. The van der Waals surface area contributed by atoms with Gasteiger partial charge in [-0.1, -0.05) is 17.7 Å². The molecule has 7 heteroatoms. The first-order valence-electron chi connectivity index (χ1n) is 8.41. The molecule has 0 N–H and O–H groups in total. The van der Waals surface area contributed by atoms with Gasteiger partial charge in [0.25, 0.3) is 0 Å². The molecule has 0 saturated carbocycles. The monoisotopic (exact) mass is 380 g/mol. The van der Waals surface area contributed by atoms with Crippen molar-refractivity contribution in [1.82, 2.24) is 19.1 Å². The number of imidazole rings is 1. The number of aryl methyl sites for hydroxylation is 1. The van der Waals surface area contributed by atoms with Crippen LogP contribution in [0.25, 0.3) is 16.9 Å². The number of rotatable bonds is 4. The maximum atomic E-state index is 11.8. The van der Waals surface area contributed by atoms with Crippen molar-refractivity contribution in [3.05, 3.63) is 77.0 Å². The van der Waals surface area contributed by atoms with Crippen LogP contribution in [0.4, 0.5) is 0 Å². The van der Waals surface area contributed by atoms with Crippen LogP contribution in [0.2, 0.25) is 5.02 Å². The zero-order valence-electron chi connectivity index (χ0n) is 14.9. The van der Waals surface area contributed by atoms with Crippen LogP contribution in [0.3, 0.4) is 0 Å². The summed E-state index contributed by atoms with van der Waals surface area (Å²) in [7, 11) is 1.34. The number of pyridine rings is 1. The van der Waals surface area contributed by atoms with Crippen LogP contribution in [0.15, 0.2) is 54.9 Å². The van der Waals surface area contributed by atoms with Crippen molar-refractivity contribution in [1.29, 1.82) is 0 Å². The van der Waals surface area contributed by atoms with Crippen LogP contribution in [0.5, 0.6) is 0 Å². The van der Waals surface area contributed by atoms with Crippen molar-refractivity contribution in [2.45, 2.75) is 13.5 Å². The van der Waals surface area contributed by atoms with Gasteiger partial charge in [-0.15, -0.1) is 0 Å². The number of methoxy groups -OCH3 is 1. The predicted octanol–water partition coefficient (Wildman–Crippen LogP) is 4.02. The fourth-order valence-corrected chi connectivity index (χ4v) is 3.26. The van der Waals surface area contributed by atoms with E-state index in [1.54, 1.807) is 12.1 Å². The molecule has 0 saturated heterocycles. The minimum atomic E-state index is -0.476. The molecule has 0 aliphatic heterocycles. The van der Waals surface area contributed by atoms with E-state index in [9.17, 15) is 4.79 Å². The fraction of sp³-hybridized carbons (Fsp3) is 0.150. The summed E-state index contributed by atoms with van der Waals surface area (Å²) in [5, 5.41) is 0.659. The number of carbonyl (C=O) groups is 1. The number of fused-ring (bicyclic) bond motifs is 1. The van der Waals surface area contributed by atoms with Gasteiger partial charge in [0.1, 0.15) is 11.3 Å². The molecule has 3 heterocycles. The maximum absolute atomic E-state index is 11.8. The average molecular weight is 381 g/mol. The van der Waals surface area contributed by atoms with E-state index >= 15 is 0 Å². The van der Waals surface area contributed by atoms with Crippen LogP contribution < -0.4 is 0 Å². The van der Waals surface area contributed by atoms with Gasteiger partial charge < -0.3 is 13.9 Å². The minimum Gasteiger partial charge on any atom is -0.464 e. The lowest BCUT2D eigenvalue weighted by atomic mass is 10.2. The molecule has 4 aromatic rings. The zero-order valence-corrected chi connectivity index (χ0v) is 15.6. The summed E-state index contributed by atoms with van der Waals surface area (Å²) in [6.45, 7) is 2.41. The number of benzene rings is 1. The molecule has 0 fully saturated rings. The number of hydrogen-bond donors (Lipinski definition) is 0. The summed E-state index contributed by atoms with van der Waals surface area (Å²) in [4.78, 5) is 20.8. The topological polar surface area (TPSA) is 61.9 Å². The second-order valence-corrected chi connectivity index (χ2v) is 6.55. The van der Waals surface area contributed by atoms with Crippen molar-refractivity contribution in [3.8, 4) is 5.69 Å². The van der Waals surface area contributed by atoms with Crippen molar-refractivity contribution < 1.29 is 9.53 Å². The Labute approximate surface area is 161 Å². The lowest BCUT2D eigenvalue weighted by molar-refractivity contribution is 0.0594. The number of hydrogen-bond acceptors (Lipinski definition) is 4. The summed E-state index contributed by atoms with van der Waals surface area (Å²) in [6.07, 6.45) is 3.94. The van der Waals surface area contributed by atoms with Gasteiger partial charge in [0.15, 0.2) is 11.3 Å². The summed E-state index contributed by atoms with van der Waals surface area (Å²) < 4.78 is 8.70. The Morgan fingerprint density at radius 1 is 1.15 bits per heavy atom. The number of ether oxygens (including phenoxy) is 1. The molecule has 0 bridgehead atoms. The van der Waals surface area contributed by atoms with Crippen LogP contribution >= 0.6 is 11.6 Å². The van der Waals surface area contributed by atoms with E-state index in [0.29, 0.717) is 17.2 Å². The molecule has 4 rings (SSSR count). The lowest BCUT2D eigenvalue weighted by Gasteiger charge is -2.11. The van der Waals surface area contributed by atoms with E-state index in [0.717, 1.165) is 22.6 Å². The van der Waals surface area contributed by atoms with Crippen molar-refractivity contribution in [2.75, 3.05) is 7.11 Å². The van der Waals surface area contributed by atoms with Gasteiger partial charge in [-0.2, -0.15) is 0 Å². The maximum Gasteiger partial charge on any atom is 0.356 e. The van der Waals surface area contributed by atoms with Crippen LogP contribution in [0, 0.1) is 6.92 Å². The highest BCUT2D eigenvalue weighted by Crippen LogP contribution is 2.24. The molecular weight excluding hydrogens is 364 g/mol. The second-order valence-electron chi connectivity index (χ2n) is 6.14. The third-order valence-electron chi connectivity index (χ3n) is 4.45. The van der Waals surface area contributed by atoms with E-state index < -0.39 is 5.97 Å². The van der Waals surface area contributed by atoms with Crippen molar-refractivity contribution in [3.63, 3.8) is 0 Å². The molecule has 0 aliphatic carbocycles. The molecule has 136 valence electrons. The number of aromatic nitrogens is 4. The predicted molar refractivity (Wildman–Crippen MR) is 103 cm³/mol. The van der Waals surface area contributed by atoms with Gasteiger partial charge in [-0.3, -0.25) is 0 Å². The molecule has 3 aromatic heterocycles. The van der Waals surface area contributed by atoms with Gasteiger partial charge in [0.2, 0.25) is 0 Å². The standard InChI is InChI=1S/C20H17ClN4O2/c1-13-22-17-7-8-18(20(26)27-2)23-19(17)25(13)12-14-5-6-15(11-16(14)21)24-9-3-4-10-24/h3-11H,12H2,1-2H3. The third-order valence-corrected chi connectivity index (χ3v) is 4.80. The van der Waals surface area contributed by atoms with Gasteiger partial charge in [-0.05, 0) is 48.9 Å². The first-order valence-corrected chi connectivity index (χ1v) is 8.78. The number of carbonyl (C=O) groups excluding carboxylic acids is 1. The molecule has 0 aliphatic rings. The molecule has 27 heavy (non-hydrogen) atoms. The Morgan fingerprint density at radius 3 is 2.63 bits per heavy atom. The Hall–Kier alpha value is -3.12. The van der Waals surface area contributed by atoms with E-state index in [2.05, 4.69) is 9.97 Å². The first-order chi connectivity index (χ1) is 13.1. The highest BCUT2D eigenvalue weighted by atomic mass is 35.5. The summed E-state index contributed by atoms with van der Waals surface area (Å²) in [5.74, 6) is 0.321. The van der Waals surface area contributed by atoms with E-state index in [4.69, 9.17) is 16.3 Å². The normalized spacial score (nSPS) is 11.1. The van der Waals surface area contributed by atoms with Crippen molar-refractivity contribution >= 4 is 28.7 Å². The first kappa shape index (κ1) is 17.3. The molecular formula is C20H17ClN4O2. The van der Waals surface area contributed by atoms with E-state index in [-0.39, 0.29) is 5.69 Å². The second kappa shape index (κ2) is 6.89. The SMILES string of the molecule is COC(=O)c1ccc2nc(C)n(Cc3ccc(-n4cccc4)cc3Cl)c2n1. The Bertz CT molecular complexity index is 1130. The Kier molecular flexibility index (Phi) is 4.41. The number of esters is 1. The minimum absolute atomic E-state index is 0.250. The highest BCUT2D eigenvalue weighted by Gasteiger charge is 2.15. The van der Waals surface area contributed by atoms with Crippen LogP contribution in [0.1, 0.15) is 21.9 Å². The quantitative estimate of drug-likeness (QED) is 0.502. The molecule has 0 radical (unpaired) electrons. The molecule has 0 amide bonds. The molecule has 0 atom stereocenters. The van der Waals surface area contributed by atoms with E-state index in [1.165, 1.54) is 7.11 Å². The fourth-order valence-electron chi connectivity index (χ4n) is 3.02. The smallest absolute Gasteiger partial charge is 0.356 e. The van der Waals surface area contributed by atoms with Crippen LogP contribution in [-0.4, -0.2) is 32.2 Å². The summed E-state index contributed by atoms with van der Waals surface area (Å²) >= 11 is 6.53. The Morgan fingerprint density at radius 2 is 1.93 bits per heavy atom. The number of halogens is 1. The van der Waals surface area contributed by atoms with Gasteiger partial charge in [0.05, 0.1) is 13.7 Å². The molecule has 0 spiro atoms. The average Bonchev–Trinajstić information content (AvgIpc) is 3.31. The van der Waals surface area contributed by atoms with Crippen LogP contribution in [-0.2, 0) is 11.3 Å². The zero-order chi connectivity index (χ0) is 19.0. The van der Waals surface area contributed by atoms with Gasteiger partial charge in [-0.25, -0.2) is 14.8 Å². The molecule has 0 unspecified atom stereocenters. The largest absolute Gasteiger partial charge is 0.464 e. The Balaban J connectivity index is 1.72. The highest BCUT2D eigenvalue weighted by molar-refractivity contribution is 6.31. The molecule has 6 nitrogen and oxygen atoms in total. The number of nitrogens with zero attached hydrogens (tertiary/aromatic N) is 4. The lowest BCUT2D eigenvalue weighted by Crippen LogP contribution is -2.07. The molecule has 1 aromatic carbocycles. The van der Waals surface area contributed by atoms with Gasteiger partial charge >= 0.3 is 5.97 Å². The van der Waals surface area contributed by atoms with Crippen molar-refractivity contribution in [2.24, 2.45) is 0 Å². The van der Waals surface area contributed by atoms with Gasteiger partial charge in [0, 0.05) is 23.1 Å². The summed E-state index contributed by atoms with van der Waals surface area (Å²) in [6, 6.07) is 13.3. The summed E-state index contributed by atoms with van der Waals surface area (Å²) in [5.41, 5.74) is 3.54. The van der Waals surface area contributed by atoms with E-state index in [1.807, 2.05) is 58.8 Å².